The number of fused-ring (bicyclic) bond motifs is 1. The Kier molecular flexibility index (Phi) is 5.02. The van der Waals surface area contributed by atoms with Crippen molar-refractivity contribution in [1.82, 2.24) is 15.2 Å². The monoisotopic (exact) mass is 421 g/mol. The van der Waals surface area contributed by atoms with Crippen molar-refractivity contribution in [3.8, 4) is 29.0 Å². The van der Waals surface area contributed by atoms with E-state index in [1.807, 2.05) is 66.7 Å². The van der Waals surface area contributed by atoms with Crippen LogP contribution in [0.2, 0.25) is 0 Å². The molecule has 5 rings (SSSR count). The Morgan fingerprint density at radius 3 is 2.59 bits per heavy atom. The van der Waals surface area contributed by atoms with E-state index in [4.69, 9.17) is 15.2 Å². The summed E-state index contributed by atoms with van der Waals surface area (Å²) in [5, 5.41) is 17.1. The highest BCUT2D eigenvalue weighted by Gasteiger charge is 2.35. The quantitative estimate of drug-likeness (QED) is 0.498. The van der Waals surface area contributed by atoms with Gasteiger partial charge in [-0.15, -0.1) is 5.10 Å². The van der Waals surface area contributed by atoms with Crippen molar-refractivity contribution in [2.75, 3.05) is 0 Å². The number of nitrogens with one attached hydrogen (secondary N) is 1. The third-order valence-corrected chi connectivity index (χ3v) is 5.35. The molecule has 1 aliphatic heterocycles. The molecule has 0 spiro atoms. The molecule has 0 aliphatic carbocycles. The lowest BCUT2D eigenvalue weighted by molar-refractivity contribution is 0.306. The van der Waals surface area contributed by atoms with Crippen molar-refractivity contribution < 1.29 is 9.47 Å². The van der Waals surface area contributed by atoms with Crippen LogP contribution in [-0.4, -0.2) is 15.2 Å². The summed E-state index contributed by atoms with van der Waals surface area (Å²) >= 11 is 0. The van der Waals surface area contributed by atoms with Crippen LogP contribution >= 0.6 is 0 Å². The number of aromatic nitrogens is 3. The number of H-pyrrole nitrogens is 1. The van der Waals surface area contributed by atoms with Crippen LogP contribution in [0.5, 0.6) is 11.6 Å². The van der Waals surface area contributed by atoms with Crippen molar-refractivity contribution in [2.24, 2.45) is 5.73 Å². The number of rotatable bonds is 5. The molecule has 1 aliphatic rings. The Morgan fingerprint density at radius 2 is 1.88 bits per heavy atom. The Labute approximate surface area is 184 Å². The normalized spacial score (nSPS) is 14.9. The highest BCUT2D eigenvalue weighted by Crippen LogP contribution is 2.45. The molecule has 0 saturated carbocycles. The van der Waals surface area contributed by atoms with Gasteiger partial charge in [-0.1, -0.05) is 36.4 Å². The summed E-state index contributed by atoms with van der Waals surface area (Å²) in [4.78, 5) is 4.21. The zero-order chi connectivity index (χ0) is 21.9. The zero-order valence-corrected chi connectivity index (χ0v) is 17.0. The number of hydrogen-bond donors (Lipinski definition) is 2. The largest absolute Gasteiger partial charge is 0.489 e. The number of pyridine rings is 1. The van der Waals surface area contributed by atoms with Crippen molar-refractivity contribution in [1.29, 1.82) is 5.26 Å². The van der Waals surface area contributed by atoms with E-state index in [1.165, 1.54) is 0 Å². The van der Waals surface area contributed by atoms with Gasteiger partial charge >= 0.3 is 0 Å². The maximum atomic E-state index is 9.77. The Balaban J connectivity index is 1.48. The smallest absolute Gasteiger partial charge is 0.244 e. The fraction of sp³-hybridized carbons (Fsp3) is 0.0800. The van der Waals surface area contributed by atoms with E-state index < -0.39 is 5.92 Å². The van der Waals surface area contributed by atoms with E-state index in [9.17, 15) is 5.26 Å². The standard InChI is InChI=1S/C25H19N5O2/c26-13-20-21(18-7-4-12-28-14-18)22-23(29-30-25(22)32-24(20)27)17-8-10-19(11-9-17)31-15-16-5-2-1-3-6-16/h1-12,14,21H,15,27H2,(H,29,30). The lowest BCUT2D eigenvalue weighted by Crippen LogP contribution is -2.21. The summed E-state index contributed by atoms with van der Waals surface area (Å²) < 4.78 is 11.5. The number of nitriles is 1. The topological polar surface area (TPSA) is 110 Å². The molecule has 0 amide bonds. The van der Waals surface area contributed by atoms with Gasteiger partial charge in [-0.25, -0.2) is 0 Å². The first-order chi connectivity index (χ1) is 15.7. The van der Waals surface area contributed by atoms with Crippen LogP contribution in [0.4, 0.5) is 0 Å². The van der Waals surface area contributed by atoms with Crippen LogP contribution in [0, 0.1) is 11.3 Å². The number of ether oxygens (including phenoxy) is 2. The number of nitrogens with two attached hydrogens (primary N) is 1. The first kappa shape index (κ1) is 19.4. The molecule has 1 atom stereocenters. The Bertz CT molecular complexity index is 1310. The van der Waals surface area contributed by atoms with Gasteiger partial charge in [-0.3, -0.25) is 10.1 Å². The third-order valence-electron chi connectivity index (χ3n) is 5.35. The number of hydrogen-bond acceptors (Lipinski definition) is 6. The molecule has 0 fully saturated rings. The van der Waals surface area contributed by atoms with Gasteiger partial charge in [-0.2, -0.15) is 5.26 Å². The van der Waals surface area contributed by atoms with Gasteiger partial charge in [0, 0.05) is 18.0 Å². The van der Waals surface area contributed by atoms with Gasteiger partial charge in [0.25, 0.3) is 0 Å². The van der Waals surface area contributed by atoms with Crippen LogP contribution in [0.3, 0.4) is 0 Å². The SMILES string of the molecule is N#CC1=C(N)Oc2n[nH]c(-c3ccc(OCc4ccccc4)cc3)c2C1c1cccnc1. The van der Waals surface area contributed by atoms with Crippen molar-refractivity contribution in [3.63, 3.8) is 0 Å². The summed E-state index contributed by atoms with van der Waals surface area (Å²) in [5.74, 6) is 0.736. The molecular formula is C25H19N5O2. The lowest BCUT2D eigenvalue weighted by atomic mass is 9.84. The Morgan fingerprint density at radius 1 is 1.06 bits per heavy atom. The molecule has 2 aromatic carbocycles. The molecule has 32 heavy (non-hydrogen) atoms. The molecular weight excluding hydrogens is 402 g/mol. The number of benzene rings is 2. The highest BCUT2D eigenvalue weighted by atomic mass is 16.5. The van der Waals surface area contributed by atoms with E-state index in [1.54, 1.807) is 12.4 Å². The Hall–Kier alpha value is -4.57. The minimum absolute atomic E-state index is 0.0524. The van der Waals surface area contributed by atoms with Gasteiger partial charge in [0.05, 0.1) is 17.2 Å². The lowest BCUT2D eigenvalue weighted by Gasteiger charge is -2.23. The average molecular weight is 421 g/mol. The predicted molar refractivity (Wildman–Crippen MR) is 118 cm³/mol. The van der Waals surface area contributed by atoms with Crippen molar-refractivity contribution in [3.05, 3.63) is 107 Å². The second-order valence-corrected chi connectivity index (χ2v) is 7.33. The summed E-state index contributed by atoms with van der Waals surface area (Å²) in [5.41, 5.74) is 10.7. The molecule has 3 heterocycles. The summed E-state index contributed by atoms with van der Waals surface area (Å²) in [6.07, 6.45) is 3.41. The molecule has 4 aromatic rings. The molecule has 0 saturated heterocycles. The third kappa shape index (κ3) is 3.55. The van der Waals surface area contributed by atoms with Crippen LogP contribution in [-0.2, 0) is 6.61 Å². The van der Waals surface area contributed by atoms with Gasteiger partial charge in [0.2, 0.25) is 11.8 Å². The first-order valence-corrected chi connectivity index (χ1v) is 10.1. The van der Waals surface area contributed by atoms with E-state index in [0.717, 1.165) is 33.7 Å². The van der Waals surface area contributed by atoms with Gasteiger partial charge in [0.1, 0.15) is 24.0 Å². The van der Waals surface area contributed by atoms with Crippen LogP contribution in [0.15, 0.2) is 90.6 Å². The van der Waals surface area contributed by atoms with E-state index in [2.05, 4.69) is 21.3 Å². The molecule has 0 bridgehead atoms. The molecule has 2 aromatic heterocycles. The van der Waals surface area contributed by atoms with E-state index >= 15 is 0 Å². The van der Waals surface area contributed by atoms with E-state index in [-0.39, 0.29) is 5.88 Å². The molecule has 0 radical (unpaired) electrons. The molecule has 1 unspecified atom stereocenters. The molecule has 3 N–H and O–H groups in total. The van der Waals surface area contributed by atoms with Crippen LogP contribution < -0.4 is 15.2 Å². The average Bonchev–Trinajstić information content (AvgIpc) is 3.26. The summed E-state index contributed by atoms with van der Waals surface area (Å²) in [6.45, 7) is 0.492. The second kappa shape index (κ2) is 8.28. The fourth-order valence-corrected chi connectivity index (χ4v) is 3.80. The van der Waals surface area contributed by atoms with Crippen LogP contribution in [0.1, 0.15) is 22.6 Å². The second-order valence-electron chi connectivity index (χ2n) is 7.33. The number of aromatic amines is 1. The van der Waals surface area contributed by atoms with Gasteiger partial charge < -0.3 is 15.2 Å². The maximum absolute atomic E-state index is 9.77. The maximum Gasteiger partial charge on any atom is 0.244 e. The molecule has 7 heteroatoms. The van der Waals surface area contributed by atoms with E-state index in [0.29, 0.717) is 18.1 Å². The zero-order valence-electron chi connectivity index (χ0n) is 17.0. The van der Waals surface area contributed by atoms with Gasteiger partial charge in [-0.05, 0) is 41.5 Å². The summed E-state index contributed by atoms with van der Waals surface area (Å²) in [6, 6.07) is 23.6. The fourth-order valence-electron chi connectivity index (χ4n) is 3.80. The summed E-state index contributed by atoms with van der Waals surface area (Å²) in [7, 11) is 0. The predicted octanol–water partition coefficient (Wildman–Crippen LogP) is 4.27. The van der Waals surface area contributed by atoms with Crippen LogP contribution in [0.25, 0.3) is 11.3 Å². The molecule has 7 nitrogen and oxygen atoms in total. The van der Waals surface area contributed by atoms with Gasteiger partial charge in [0.15, 0.2) is 0 Å². The minimum Gasteiger partial charge on any atom is -0.489 e. The van der Waals surface area contributed by atoms with Crippen molar-refractivity contribution >= 4 is 0 Å². The molecule has 156 valence electrons. The minimum atomic E-state index is -0.430. The number of nitrogens with zero attached hydrogens (tertiary/aromatic N) is 3. The highest BCUT2D eigenvalue weighted by molar-refractivity contribution is 5.71. The first-order valence-electron chi connectivity index (χ1n) is 10.1. The van der Waals surface area contributed by atoms with Crippen molar-refractivity contribution in [2.45, 2.75) is 12.5 Å². The number of allylic oxidation sites excluding steroid dienone is 1.